The number of amides is 2. The minimum Gasteiger partial charge on any atom is -0.323 e. The number of sulfone groups is 1. The fourth-order valence-corrected chi connectivity index (χ4v) is 5.54. The maximum absolute atomic E-state index is 14.7. The number of rotatable bonds is 9. The van der Waals surface area contributed by atoms with Gasteiger partial charge in [-0.2, -0.15) is 0 Å². The second kappa shape index (κ2) is 10.4. The van der Waals surface area contributed by atoms with Crippen LogP contribution in [0, 0.1) is 11.7 Å². The quantitative estimate of drug-likeness (QED) is 0.461. The highest BCUT2D eigenvalue weighted by Crippen LogP contribution is 2.32. The third kappa shape index (κ3) is 6.14. The number of nitrogens with zero attached hydrogens (tertiary/aromatic N) is 1. The van der Waals surface area contributed by atoms with Gasteiger partial charge in [-0.25, -0.2) is 12.8 Å². The number of para-hydroxylation sites is 1. The van der Waals surface area contributed by atoms with Crippen LogP contribution >= 0.6 is 0 Å². The van der Waals surface area contributed by atoms with Gasteiger partial charge in [-0.3, -0.25) is 9.59 Å². The second-order valence-corrected chi connectivity index (χ2v) is 10.7. The van der Waals surface area contributed by atoms with Crippen molar-refractivity contribution in [1.82, 2.24) is 0 Å². The summed E-state index contributed by atoms with van der Waals surface area (Å²) in [6.07, 6.45) is 1.86. The molecule has 182 valence electrons. The van der Waals surface area contributed by atoms with Crippen LogP contribution in [0.15, 0.2) is 77.7 Å². The van der Waals surface area contributed by atoms with Gasteiger partial charge in [-0.05, 0) is 73.7 Å². The first-order valence-corrected chi connectivity index (χ1v) is 13.2. The van der Waals surface area contributed by atoms with Crippen molar-refractivity contribution in [2.24, 2.45) is 5.92 Å². The Kier molecular flexibility index (Phi) is 7.31. The van der Waals surface area contributed by atoms with Crippen LogP contribution in [-0.4, -0.2) is 32.5 Å². The Hall–Kier alpha value is -3.52. The molecule has 6 nitrogen and oxygen atoms in total. The van der Waals surface area contributed by atoms with Gasteiger partial charge in [-0.1, -0.05) is 30.3 Å². The molecule has 0 heterocycles. The average Bonchev–Trinajstić information content (AvgIpc) is 3.65. The third-order valence-electron chi connectivity index (χ3n) is 5.92. The first kappa shape index (κ1) is 24.6. The van der Waals surface area contributed by atoms with E-state index >= 15 is 0 Å². The topological polar surface area (TPSA) is 83.6 Å². The molecule has 0 aromatic heterocycles. The van der Waals surface area contributed by atoms with Crippen molar-refractivity contribution in [2.75, 3.05) is 22.5 Å². The van der Waals surface area contributed by atoms with Crippen LogP contribution in [0.2, 0.25) is 0 Å². The minimum absolute atomic E-state index is 0.0297. The van der Waals surface area contributed by atoms with Crippen LogP contribution in [0.1, 0.15) is 35.7 Å². The van der Waals surface area contributed by atoms with Gasteiger partial charge in [-0.15, -0.1) is 0 Å². The van der Waals surface area contributed by atoms with E-state index in [-0.39, 0.29) is 40.1 Å². The summed E-state index contributed by atoms with van der Waals surface area (Å²) in [5.41, 5.74) is 1.47. The SMILES string of the molecule is CCN(C(=O)c1ccc(NC(=O)Cc2ccc(S(=O)(=O)CC3CC3)cc2)c(F)c1)c1ccccc1. The van der Waals surface area contributed by atoms with Crippen LogP contribution < -0.4 is 10.2 Å². The maximum atomic E-state index is 14.7. The Labute approximate surface area is 204 Å². The van der Waals surface area contributed by atoms with Crippen molar-refractivity contribution in [3.8, 4) is 0 Å². The van der Waals surface area contributed by atoms with Crippen molar-refractivity contribution in [2.45, 2.75) is 31.1 Å². The van der Waals surface area contributed by atoms with Gasteiger partial charge >= 0.3 is 0 Å². The Morgan fingerprint density at radius 3 is 2.29 bits per heavy atom. The molecule has 35 heavy (non-hydrogen) atoms. The second-order valence-electron chi connectivity index (χ2n) is 8.67. The van der Waals surface area contributed by atoms with E-state index in [4.69, 9.17) is 0 Å². The predicted octanol–water partition coefficient (Wildman–Crippen LogP) is 4.86. The normalized spacial score (nSPS) is 13.3. The highest BCUT2D eigenvalue weighted by atomic mass is 32.2. The Morgan fingerprint density at radius 2 is 1.69 bits per heavy atom. The molecule has 1 aliphatic carbocycles. The number of halogens is 1. The predicted molar refractivity (Wildman–Crippen MR) is 134 cm³/mol. The fourth-order valence-electron chi connectivity index (χ4n) is 3.84. The molecule has 0 radical (unpaired) electrons. The number of benzene rings is 3. The van der Waals surface area contributed by atoms with Crippen LogP contribution in [0.3, 0.4) is 0 Å². The molecule has 2 amide bonds. The molecular weight excluding hydrogens is 467 g/mol. The standard InChI is InChI=1S/C27H27FN2O4S/c1-2-30(22-6-4-3-5-7-22)27(32)21-12-15-25(24(28)17-21)29-26(31)16-19-10-13-23(14-11-19)35(33,34)18-20-8-9-20/h3-7,10-15,17,20H,2,8-9,16,18H2,1H3,(H,29,31). The third-order valence-corrected chi connectivity index (χ3v) is 7.82. The van der Waals surface area contributed by atoms with Gasteiger partial charge in [0.05, 0.1) is 22.8 Å². The molecule has 0 atom stereocenters. The van der Waals surface area contributed by atoms with Crippen molar-refractivity contribution in [3.05, 3.63) is 89.7 Å². The van der Waals surface area contributed by atoms with Crippen LogP contribution in [0.25, 0.3) is 0 Å². The van der Waals surface area contributed by atoms with E-state index in [0.717, 1.165) is 18.9 Å². The molecule has 0 spiro atoms. The highest BCUT2D eigenvalue weighted by molar-refractivity contribution is 7.91. The molecule has 1 saturated carbocycles. The van der Waals surface area contributed by atoms with Crippen LogP contribution in [0.5, 0.6) is 0 Å². The lowest BCUT2D eigenvalue weighted by molar-refractivity contribution is -0.115. The summed E-state index contributed by atoms with van der Waals surface area (Å²) in [7, 11) is -3.31. The molecule has 0 aliphatic heterocycles. The summed E-state index contributed by atoms with van der Waals surface area (Å²) in [5.74, 6) is -1.09. The largest absolute Gasteiger partial charge is 0.323 e. The van der Waals surface area contributed by atoms with Gasteiger partial charge in [0.15, 0.2) is 9.84 Å². The van der Waals surface area contributed by atoms with Crippen LogP contribution in [0.4, 0.5) is 15.8 Å². The Bertz CT molecular complexity index is 1320. The number of hydrogen-bond donors (Lipinski definition) is 1. The van der Waals surface area contributed by atoms with E-state index in [0.29, 0.717) is 17.8 Å². The lowest BCUT2D eigenvalue weighted by Gasteiger charge is -2.21. The summed E-state index contributed by atoms with van der Waals surface area (Å²) in [6.45, 7) is 2.26. The van der Waals surface area contributed by atoms with E-state index in [2.05, 4.69) is 5.32 Å². The maximum Gasteiger partial charge on any atom is 0.258 e. The molecule has 3 aromatic carbocycles. The molecule has 1 aliphatic rings. The molecule has 0 saturated heterocycles. The van der Waals surface area contributed by atoms with Crippen molar-refractivity contribution in [3.63, 3.8) is 0 Å². The van der Waals surface area contributed by atoms with Gasteiger partial charge in [0.25, 0.3) is 5.91 Å². The molecule has 4 rings (SSSR count). The fraction of sp³-hybridized carbons (Fsp3) is 0.259. The van der Waals surface area contributed by atoms with E-state index in [1.807, 2.05) is 25.1 Å². The smallest absolute Gasteiger partial charge is 0.258 e. The summed E-state index contributed by atoms with van der Waals surface area (Å²) < 4.78 is 39.4. The monoisotopic (exact) mass is 494 g/mol. The van der Waals surface area contributed by atoms with Crippen molar-refractivity contribution >= 4 is 33.0 Å². The van der Waals surface area contributed by atoms with Crippen LogP contribution in [-0.2, 0) is 21.1 Å². The molecule has 0 unspecified atom stereocenters. The molecular formula is C27H27FN2O4S. The van der Waals surface area contributed by atoms with E-state index in [1.54, 1.807) is 29.2 Å². The van der Waals surface area contributed by atoms with Crippen molar-refractivity contribution in [1.29, 1.82) is 0 Å². The zero-order valence-electron chi connectivity index (χ0n) is 19.4. The molecule has 1 N–H and O–H groups in total. The number of hydrogen-bond acceptors (Lipinski definition) is 4. The summed E-state index contributed by atoms with van der Waals surface area (Å²) in [6, 6.07) is 19.3. The Balaban J connectivity index is 1.39. The number of carbonyl (C=O) groups excluding carboxylic acids is 2. The molecule has 3 aromatic rings. The van der Waals surface area contributed by atoms with E-state index in [1.165, 1.54) is 24.3 Å². The van der Waals surface area contributed by atoms with Gasteiger partial charge in [0.1, 0.15) is 5.82 Å². The van der Waals surface area contributed by atoms with Gasteiger partial charge < -0.3 is 10.2 Å². The van der Waals surface area contributed by atoms with Gasteiger partial charge in [0, 0.05) is 17.8 Å². The van der Waals surface area contributed by atoms with Crippen molar-refractivity contribution < 1.29 is 22.4 Å². The first-order chi connectivity index (χ1) is 16.8. The lowest BCUT2D eigenvalue weighted by atomic mass is 10.1. The van der Waals surface area contributed by atoms with Gasteiger partial charge in [0.2, 0.25) is 5.91 Å². The number of carbonyl (C=O) groups is 2. The summed E-state index contributed by atoms with van der Waals surface area (Å²) in [5, 5.41) is 2.52. The Morgan fingerprint density at radius 1 is 1.00 bits per heavy atom. The summed E-state index contributed by atoms with van der Waals surface area (Å²) >= 11 is 0. The number of anilines is 2. The molecule has 1 fully saturated rings. The number of nitrogens with one attached hydrogen (secondary N) is 1. The van der Waals surface area contributed by atoms with E-state index in [9.17, 15) is 22.4 Å². The zero-order chi connectivity index (χ0) is 25.0. The highest BCUT2D eigenvalue weighted by Gasteiger charge is 2.29. The lowest BCUT2D eigenvalue weighted by Crippen LogP contribution is -2.30. The van der Waals surface area contributed by atoms with E-state index < -0.39 is 21.6 Å². The minimum atomic E-state index is -3.31. The summed E-state index contributed by atoms with van der Waals surface area (Å²) in [4.78, 5) is 27.1. The molecule has 0 bridgehead atoms. The zero-order valence-corrected chi connectivity index (χ0v) is 20.2. The first-order valence-electron chi connectivity index (χ1n) is 11.5. The molecule has 8 heteroatoms. The average molecular weight is 495 g/mol.